The third kappa shape index (κ3) is 2.33. The molecule has 3 heteroatoms. The number of hydrogen-bond acceptors (Lipinski definition) is 3. The van der Waals surface area contributed by atoms with E-state index in [-0.39, 0.29) is 12.1 Å². The summed E-state index contributed by atoms with van der Waals surface area (Å²) in [5.41, 5.74) is 2.22. The van der Waals surface area contributed by atoms with Crippen molar-refractivity contribution in [2.75, 3.05) is 0 Å². The van der Waals surface area contributed by atoms with Gasteiger partial charge in [0.15, 0.2) is 0 Å². The largest absolute Gasteiger partial charge is 0.508 e. The van der Waals surface area contributed by atoms with Gasteiger partial charge >= 0.3 is 5.97 Å². The van der Waals surface area contributed by atoms with Crippen molar-refractivity contribution in [2.24, 2.45) is 0 Å². The first-order valence-corrected chi connectivity index (χ1v) is 5.77. The maximum absolute atomic E-state index is 11.5. The van der Waals surface area contributed by atoms with E-state index in [1.165, 1.54) is 0 Å². The summed E-state index contributed by atoms with van der Waals surface area (Å²) in [5.74, 6) is -0.0789. The quantitative estimate of drug-likeness (QED) is 0.630. The molecule has 1 aliphatic rings. The highest BCUT2D eigenvalue weighted by molar-refractivity contribution is 5.87. The van der Waals surface area contributed by atoms with Gasteiger partial charge < -0.3 is 9.84 Å². The summed E-state index contributed by atoms with van der Waals surface area (Å²) in [6, 6.07) is 5.35. The lowest BCUT2D eigenvalue weighted by Gasteiger charge is -2.25. The summed E-state index contributed by atoms with van der Waals surface area (Å²) in [6.07, 6.45) is 2.30. The van der Waals surface area contributed by atoms with Crippen molar-refractivity contribution in [3.05, 3.63) is 41.5 Å². The minimum atomic E-state index is -0.369. The van der Waals surface area contributed by atoms with Crippen LogP contribution in [0.25, 0.3) is 0 Å². The van der Waals surface area contributed by atoms with Crippen molar-refractivity contribution in [3.63, 3.8) is 0 Å². The zero-order chi connectivity index (χ0) is 12.4. The van der Waals surface area contributed by atoms with E-state index in [1.54, 1.807) is 19.1 Å². The van der Waals surface area contributed by atoms with Gasteiger partial charge in [-0.3, -0.25) is 0 Å². The molecule has 1 atom stereocenters. The summed E-state index contributed by atoms with van der Waals surface area (Å²) in [6.45, 7) is 5.20. The number of carbonyl (C=O) groups excluding carboxylic acids is 1. The molecular formula is C14H16O3. The predicted molar refractivity (Wildman–Crippen MR) is 64.7 cm³/mol. The molecule has 1 aromatic carbocycles. The van der Waals surface area contributed by atoms with E-state index in [2.05, 4.69) is 6.58 Å². The number of fused-ring (bicyclic) bond motifs is 1. The molecule has 2 rings (SSSR count). The normalized spacial score (nSPS) is 18.3. The Morgan fingerprint density at radius 1 is 1.53 bits per heavy atom. The van der Waals surface area contributed by atoms with E-state index in [4.69, 9.17) is 4.74 Å². The molecule has 0 saturated heterocycles. The molecule has 1 aliphatic carbocycles. The maximum atomic E-state index is 11.5. The van der Waals surface area contributed by atoms with Gasteiger partial charge in [0.25, 0.3) is 0 Å². The first-order chi connectivity index (χ1) is 8.09. The molecule has 0 spiro atoms. The molecule has 0 aliphatic heterocycles. The van der Waals surface area contributed by atoms with Crippen LogP contribution in [0.5, 0.6) is 5.75 Å². The molecule has 1 unspecified atom stereocenters. The Kier molecular flexibility index (Phi) is 3.18. The number of benzene rings is 1. The summed E-state index contributed by atoms with van der Waals surface area (Å²) >= 11 is 0. The number of hydrogen-bond donors (Lipinski definition) is 1. The van der Waals surface area contributed by atoms with Gasteiger partial charge in [0.2, 0.25) is 0 Å². The average molecular weight is 232 g/mol. The van der Waals surface area contributed by atoms with E-state index < -0.39 is 0 Å². The summed E-state index contributed by atoms with van der Waals surface area (Å²) in [4.78, 5) is 11.5. The lowest BCUT2D eigenvalue weighted by molar-refractivity contribution is -0.145. The average Bonchev–Trinajstić information content (AvgIpc) is 2.30. The highest BCUT2D eigenvalue weighted by atomic mass is 16.5. The number of rotatable bonds is 2. The van der Waals surface area contributed by atoms with Gasteiger partial charge in [-0.15, -0.1) is 0 Å². The van der Waals surface area contributed by atoms with Gasteiger partial charge in [-0.2, -0.15) is 0 Å². The maximum Gasteiger partial charge on any atom is 0.333 e. The SMILES string of the molecule is C=C(C)C(=O)OC1CCCc2c(O)cccc21. The Morgan fingerprint density at radius 2 is 2.29 bits per heavy atom. The summed E-state index contributed by atoms with van der Waals surface area (Å²) < 4.78 is 5.38. The summed E-state index contributed by atoms with van der Waals surface area (Å²) in [7, 11) is 0. The van der Waals surface area contributed by atoms with Gasteiger partial charge in [-0.25, -0.2) is 4.79 Å². The second-order valence-electron chi connectivity index (χ2n) is 4.41. The fourth-order valence-corrected chi connectivity index (χ4v) is 2.14. The van der Waals surface area contributed by atoms with Crippen LogP contribution in [-0.2, 0) is 16.0 Å². The van der Waals surface area contributed by atoms with Gasteiger partial charge in [0.05, 0.1) is 0 Å². The highest BCUT2D eigenvalue weighted by Crippen LogP contribution is 2.36. The number of phenols is 1. The highest BCUT2D eigenvalue weighted by Gasteiger charge is 2.25. The lowest BCUT2D eigenvalue weighted by atomic mass is 9.89. The Morgan fingerprint density at radius 3 is 3.00 bits per heavy atom. The third-order valence-corrected chi connectivity index (χ3v) is 3.03. The van der Waals surface area contributed by atoms with E-state index in [9.17, 15) is 9.90 Å². The van der Waals surface area contributed by atoms with Gasteiger partial charge in [-0.1, -0.05) is 18.7 Å². The minimum absolute atomic E-state index is 0.255. The van der Waals surface area contributed by atoms with Crippen LogP contribution >= 0.6 is 0 Å². The molecule has 0 bridgehead atoms. The number of aromatic hydroxyl groups is 1. The van der Waals surface area contributed by atoms with Crippen LogP contribution in [0.15, 0.2) is 30.4 Å². The van der Waals surface area contributed by atoms with Gasteiger partial charge in [0, 0.05) is 11.1 Å². The van der Waals surface area contributed by atoms with Crippen LogP contribution in [0.3, 0.4) is 0 Å². The standard InChI is InChI=1S/C14H16O3/c1-9(2)14(16)17-13-8-4-5-10-11(13)6-3-7-12(10)15/h3,6-7,13,15H,1,4-5,8H2,2H3. The van der Waals surface area contributed by atoms with Crippen molar-refractivity contribution in [1.82, 2.24) is 0 Å². The Balaban J connectivity index is 2.26. The molecule has 0 heterocycles. The number of esters is 1. The molecule has 3 nitrogen and oxygen atoms in total. The van der Waals surface area contributed by atoms with E-state index in [0.29, 0.717) is 11.3 Å². The molecular weight excluding hydrogens is 216 g/mol. The number of phenolic OH excluding ortho intramolecular Hbond substituents is 1. The molecule has 17 heavy (non-hydrogen) atoms. The zero-order valence-corrected chi connectivity index (χ0v) is 9.90. The Labute approximate surface area is 101 Å². The van der Waals surface area contributed by atoms with Crippen molar-refractivity contribution in [3.8, 4) is 5.75 Å². The number of ether oxygens (including phenoxy) is 1. The van der Waals surface area contributed by atoms with Crippen LogP contribution in [0.2, 0.25) is 0 Å². The van der Waals surface area contributed by atoms with Gasteiger partial charge in [-0.05, 0) is 37.8 Å². The molecule has 1 aromatic rings. The monoisotopic (exact) mass is 232 g/mol. The minimum Gasteiger partial charge on any atom is -0.508 e. The van der Waals surface area contributed by atoms with Crippen molar-refractivity contribution in [2.45, 2.75) is 32.3 Å². The van der Waals surface area contributed by atoms with Crippen molar-refractivity contribution in [1.29, 1.82) is 0 Å². The zero-order valence-electron chi connectivity index (χ0n) is 9.90. The molecule has 90 valence electrons. The predicted octanol–water partition coefficient (Wildman–Crippen LogP) is 2.89. The molecule has 0 amide bonds. The Hall–Kier alpha value is -1.77. The van der Waals surface area contributed by atoms with Crippen LogP contribution in [0.4, 0.5) is 0 Å². The van der Waals surface area contributed by atoms with Crippen molar-refractivity contribution >= 4 is 5.97 Å². The second-order valence-corrected chi connectivity index (χ2v) is 4.41. The van der Waals surface area contributed by atoms with Crippen molar-refractivity contribution < 1.29 is 14.6 Å². The third-order valence-electron chi connectivity index (χ3n) is 3.03. The number of carbonyl (C=O) groups is 1. The Bertz CT molecular complexity index is 463. The molecule has 0 aromatic heterocycles. The van der Waals surface area contributed by atoms with Crippen LogP contribution in [0, 0.1) is 0 Å². The first-order valence-electron chi connectivity index (χ1n) is 5.77. The molecule has 1 N–H and O–H groups in total. The molecule has 0 radical (unpaired) electrons. The van der Waals surface area contributed by atoms with E-state index >= 15 is 0 Å². The second kappa shape index (κ2) is 4.62. The topological polar surface area (TPSA) is 46.5 Å². The van der Waals surface area contributed by atoms with E-state index in [1.807, 2.05) is 6.07 Å². The molecule has 0 saturated carbocycles. The summed E-state index contributed by atoms with van der Waals surface area (Å²) in [5, 5.41) is 9.76. The van der Waals surface area contributed by atoms with Crippen LogP contribution < -0.4 is 0 Å². The van der Waals surface area contributed by atoms with Gasteiger partial charge in [0.1, 0.15) is 11.9 Å². The lowest BCUT2D eigenvalue weighted by Crippen LogP contribution is -2.17. The fraction of sp³-hybridized carbons (Fsp3) is 0.357. The van der Waals surface area contributed by atoms with Crippen LogP contribution in [-0.4, -0.2) is 11.1 Å². The fourth-order valence-electron chi connectivity index (χ4n) is 2.14. The molecule has 0 fully saturated rings. The first kappa shape index (κ1) is 11.7. The smallest absolute Gasteiger partial charge is 0.333 e. The van der Waals surface area contributed by atoms with Crippen LogP contribution in [0.1, 0.15) is 37.0 Å². The van der Waals surface area contributed by atoms with E-state index in [0.717, 1.165) is 30.4 Å².